The van der Waals surface area contributed by atoms with Crippen molar-refractivity contribution in [1.29, 1.82) is 0 Å². The Hall–Kier alpha value is -1.39. The number of aliphatic hydroxyl groups is 1. The van der Waals surface area contributed by atoms with E-state index in [0.29, 0.717) is 6.61 Å². The van der Waals surface area contributed by atoms with Gasteiger partial charge in [-0.25, -0.2) is 0 Å². The van der Waals surface area contributed by atoms with E-state index in [1.807, 2.05) is 39.0 Å². The summed E-state index contributed by atoms with van der Waals surface area (Å²) in [5.41, 5.74) is 2.09. The van der Waals surface area contributed by atoms with Gasteiger partial charge in [0.25, 0.3) is 0 Å². The molecule has 22 heavy (non-hydrogen) atoms. The van der Waals surface area contributed by atoms with Crippen LogP contribution in [-0.4, -0.2) is 22.7 Å². The average molecular weight is 305 g/mol. The van der Waals surface area contributed by atoms with Crippen molar-refractivity contribution in [2.75, 3.05) is 5.32 Å². The number of carbonyl (C=O) groups is 1. The van der Waals surface area contributed by atoms with Gasteiger partial charge in [0.05, 0.1) is 24.7 Å². The minimum absolute atomic E-state index is 0.116. The summed E-state index contributed by atoms with van der Waals surface area (Å²) in [5, 5.41) is 13.3. The minimum atomic E-state index is -0.809. The summed E-state index contributed by atoms with van der Waals surface area (Å²) in [6.07, 6.45) is 3.81. The normalized spacial score (nSPS) is 17.0. The van der Waals surface area contributed by atoms with E-state index in [1.54, 1.807) is 0 Å². The molecule has 2 N–H and O–H groups in total. The predicted octanol–water partition coefficient (Wildman–Crippen LogP) is 3.55. The van der Waals surface area contributed by atoms with Gasteiger partial charge in [0.15, 0.2) is 0 Å². The summed E-state index contributed by atoms with van der Waals surface area (Å²) in [6, 6.07) is 5.83. The highest BCUT2D eigenvalue weighted by Gasteiger charge is 2.33. The number of hydrogen-bond acceptors (Lipinski definition) is 3. The van der Waals surface area contributed by atoms with Gasteiger partial charge in [-0.3, -0.25) is 4.79 Å². The zero-order valence-corrected chi connectivity index (χ0v) is 13.8. The van der Waals surface area contributed by atoms with Gasteiger partial charge >= 0.3 is 0 Å². The number of amides is 1. The molecule has 1 amide bonds. The topological polar surface area (TPSA) is 58.6 Å². The van der Waals surface area contributed by atoms with Crippen LogP contribution in [0.4, 0.5) is 5.69 Å². The lowest BCUT2D eigenvalue weighted by Gasteiger charge is -2.21. The van der Waals surface area contributed by atoms with Crippen LogP contribution in [0.2, 0.25) is 0 Å². The number of carbonyl (C=O) groups excluding carboxylic acids is 1. The Balaban J connectivity index is 1.99. The van der Waals surface area contributed by atoms with E-state index in [2.05, 4.69) is 5.32 Å². The second-order valence-corrected chi connectivity index (χ2v) is 6.61. The molecule has 1 saturated carbocycles. The molecule has 0 atom stereocenters. The Bertz CT molecular complexity index is 519. The summed E-state index contributed by atoms with van der Waals surface area (Å²) in [4.78, 5) is 12.2. The highest BCUT2D eigenvalue weighted by Crippen LogP contribution is 2.32. The van der Waals surface area contributed by atoms with Crippen molar-refractivity contribution >= 4 is 11.6 Å². The molecule has 0 bridgehead atoms. The van der Waals surface area contributed by atoms with E-state index in [1.165, 1.54) is 0 Å². The van der Waals surface area contributed by atoms with Crippen molar-refractivity contribution in [3.05, 3.63) is 29.3 Å². The maximum Gasteiger partial charge on any atom is 0.227 e. The van der Waals surface area contributed by atoms with Crippen molar-refractivity contribution in [3.8, 4) is 0 Å². The molecule has 1 aliphatic rings. The van der Waals surface area contributed by atoms with Gasteiger partial charge < -0.3 is 15.2 Å². The van der Waals surface area contributed by atoms with Crippen LogP contribution in [0.5, 0.6) is 0 Å². The van der Waals surface area contributed by atoms with Crippen LogP contribution in [0.25, 0.3) is 0 Å². The molecular formula is C18H27NO3. The molecule has 0 unspecified atom stereocenters. The van der Waals surface area contributed by atoms with Gasteiger partial charge in [-0.05, 0) is 50.8 Å². The van der Waals surface area contributed by atoms with Crippen LogP contribution in [-0.2, 0) is 16.1 Å². The van der Waals surface area contributed by atoms with Gasteiger partial charge in [0, 0.05) is 5.69 Å². The molecule has 0 aromatic heterocycles. The van der Waals surface area contributed by atoms with Crippen LogP contribution >= 0.6 is 0 Å². The molecule has 1 aliphatic carbocycles. The zero-order valence-electron chi connectivity index (χ0n) is 13.8. The Labute approximate surface area is 132 Å². The minimum Gasteiger partial charge on any atom is -0.389 e. The van der Waals surface area contributed by atoms with Crippen LogP contribution in [0.3, 0.4) is 0 Å². The molecule has 122 valence electrons. The zero-order chi connectivity index (χ0) is 16.2. The average Bonchev–Trinajstić information content (AvgIpc) is 2.85. The molecule has 1 aromatic carbocycles. The van der Waals surface area contributed by atoms with Crippen molar-refractivity contribution in [2.24, 2.45) is 0 Å². The Morgan fingerprint density at radius 2 is 2.05 bits per heavy atom. The lowest BCUT2D eigenvalue weighted by molar-refractivity contribution is -0.120. The Kier molecular flexibility index (Phi) is 5.59. The van der Waals surface area contributed by atoms with Crippen LogP contribution in [0.1, 0.15) is 57.1 Å². The van der Waals surface area contributed by atoms with Gasteiger partial charge in [-0.1, -0.05) is 25.0 Å². The third-order valence-electron chi connectivity index (χ3n) is 4.32. The van der Waals surface area contributed by atoms with Crippen molar-refractivity contribution in [2.45, 2.75) is 71.2 Å². The Morgan fingerprint density at radius 3 is 2.68 bits per heavy atom. The van der Waals surface area contributed by atoms with Crippen LogP contribution in [0.15, 0.2) is 18.2 Å². The van der Waals surface area contributed by atoms with E-state index >= 15 is 0 Å². The first-order valence-electron chi connectivity index (χ1n) is 8.12. The molecule has 1 aromatic rings. The number of ether oxygens (including phenoxy) is 1. The third-order valence-corrected chi connectivity index (χ3v) is 4.32. The van der Waals surface area contributed by atoms with Crippen LogP contribution < -0.4 is 5.32 Å². The van der Waals surface area contributed by atoms with Crippen molar-refractivity contribution < 1.29 is 14.6 Å². The summed E-state index contributed by atoms with van der Waals surface area (Å²) >= 11 is 0. The molecule has 1 fully saturated rings. The first-order valence-corrected chi connectivity index (χ1v) is 8.12. The van der Waals surface area contributed by atoms with Crippen molar-refractivity contribution in [1.82, 2.24) is 0 Å². The fraction of sp³-hybridized carbons (Fsp3) is 0.611. The predicted molar refractivity (Wildman–Crippen MR) is 87.8 cm³/mol. The third kappa shape index (κ3) is 4.55. The quantitative estimate of drug-likeness (QED) is 0.845. The van der Waals surface area contributed by atoms with Gasteiger partial charge in [0.2, 0.25) is 5.91 Å². The summed E-state index contributed by atoms with van der Waals surface area (Å²) in [6.45, 7) is 6.53. The molecule has 2 rings (SSSR count). The molecular weight excluding hydrogens is 278 g/mol. The number of benzene rings is 1. The van der Waals surface area contributed by atoms with Gasteiger partial charge in [-0.2, -0.15) is 0 Å². The maximum atomic E-state index is 12.2. The number of rotatable bonds is 6. The van der Waals surface area contributed by atoms with Crippen molar-refractivity contribution in [3.63, 3.8) is 0 Å². The molecule has 0 saturated heterocycles. The molecule has 0 spiro atoms. The molecule has 4 nitrogen and oxygen atoms in total. The lowest BCUT2D eigenvalue weighted by Crippen LogP contribution is -2.30. The number of hydrogen-bond donors (Lipinski definition) is 2. The smallest absolute Gasteiger partial charge is 0.227 e. The second kappa shape index (κ2) is 7.25. The number of anilines is 1. The summed E-state index contributed by atoms with van der Waals surface area (Å²) in [7, 11) is 0. The van der Waals surface area contributed by atoms with E-state index in [9.17, 15) is 9.90 Å². The van der Waals surface area contributed by atoms with E-state index in [4.69, 9.17) is 4.74 Å². The first kappa shape index (κ1) is 17.0. The fourth-order valence-electron chi connectivity index (χ4n) is 2.93. The first-order chi connectivity index (χ1) is 10.4. The molecule has 0 radical (unpaired) electrons. The molecule has 0 aliphatic heterocycles. The van der Waals surface area contributed by atoms with E-state index < -0.39 is 5.60 Å². The largest absolute Gasteiger partial charge is 0.389 e. The monoisotopic (exact) mass is 305 g/mol. The number of nitrogens with one attached hydrogen (secondary N) is 1. The highest BCUT2D eigenvalue weighted by atomic mass is 16.5. The second-order valence-electron chi connectivity index (χ2n) is 6.61. The molecule has 0 heterocycles. The van der Waals surface area contributed by atoms with E-state index in [0.717, 1.165) is 42.5 Å². The van der Waals surface area contributed by atoms with Gasteiger partial charge in [-0.15, -0.1) is 0 Å². The van der Waals surface area contributed by atoms with Crippen LogP contribution in [0, 0.1) is 6.92 Å². The maximum absolute atomic E-state index is 12.2. The SMILES string of the molecule is Cc1c(COC(C)C)cccc1NC(=O)CC1(O)CCCC1. The summed E-state index contributed by atoms with van der Waals surface area (Å²) in [5.74, 6) is -0.116. The van der Waals surface area contributed by atoms with Gasteiger partial charge in [0.1, 0.15) is 0 Å². The highest BCUT2D eigenvalue weighted by molar-refractivity contribution is 5.92. The lowest BCUT2D eigenvalue weighted by atomic mass is 9.97. The molecule has 4 heteroatoms. The standard InChI is InChI=1S/C18H27NO3/c1-13(2)22-12-15-7-6-8-16(14(15)3)19-17(20)11-18(21)9-4-5-10-18/h6-8,13,21H,4-5,9-12H2,1-3H3,(H,19,20). The van der Waals surface area contributed by atoms with E-state index in [-0.39, 0.29) is 18.4 Å². The Morgan fingerprint density at radius 1 is 1.36 bits per heavy atom. The summed E-state index contributed by atoms with van der Waals surface area (Å²) < 4.78 is 5.64. The fourth-order valence-corrected chi connectivity index (χ4v) is 2.93.